The van der Waals surface area contributed by atoms with Crippen molar-refractivity contribution in [3.63, 3.8) is 0 Å². The lowest BCUT2D eigenvalue weighted by atomic mass is 9.76. The summed E-state index contributed by atoms with van der Waals surface area (Å²) in [4.78, 5) is 27.2. The van der Waals surface area contributed by atoms with E-state index in [0.717, 1.165) is 17.7 Å². The van der Waals surface area contributed by atoms with E-state index < -0.39 is 47.9 Å². The standard InChI is InChI=1S/C36H35F5N2O8/c1-34(18-47-29-16-31-30(14-24(29)34)50-36(40,41)51-31)33(46)43-25-15-27(48-28-13-22(11-12-23(25)28)49-35(37,38)39)20-7-9-21(10-8-20)32(45)42-26(17-44)19-5-3-2-4-6-19/h2-6,11-14,16,20-21,25-27,44H,7-10,15,17-18H2,1H3,(H,42,45)(H,43,46)/t20?,21?,25-,26?,27-,34+/m1/s1. The van der Waals surface area contributed by atoms with Gasteiger partial charge in [0.2, 0.25) is 11.8 Å². The van der Waals surface area contributed by atoms with E-state index >= 15 is 0 Å². The zero-order valence-corrected chi connectivity index (χ0v) is 27.3. The van der Waals surface area contributed by atoms with Crippen molar-refractivity contribution < 1.29 is 60.3 Å². The van der Waals surface area contributed by atoms with E-state index in [1.807, 2.05) is 30.3 Å². The van der Waals surface area contributed by atoms with Crippen LogP contribution < -0.4 is 34.3 Å². The molecule has 0 radical (unpaired) electrons. The molecule has 0 spiro atoms. The molecule has 0 aromatic heterocycles. The maximum absolute atomic E-state index is 14.0. The molecule has 3 aromatic carbocycles. The van der Waals surface area contributed by atoms with Gasteiger partial charge in [0.05, 0.1) is 18.7 Å². The van der Waals surface area contributed by atoms with Crippen molar-refractivity contribution >= 4 is 11.8 Å². The van der Waals surface area contributed by atoms with Crippen LogP contribution in [0.1, 0.15) is 67.8 Å². The number of carbonyl (C=O) groups excluding carboxylic acids is 2. The second-order valence-corrected chi connectivity index (χ2v) is 13.5. The predicted octanol–water partition coefficient (Wildman–Crippen LogP) is 6.22. The van der Waals surface area contributed by atoms with Crippen molar-refractivity contribution in [1.29, 1.82) is 0 Å². The van der Waals surface area contributed by atoms with E-state index in [0.29, 0.717) is 36.8 Å². The van der Waals surface area contributed by atoms with Gasteiger partial charge >= 0.3 is 12.7 Å². The average molecular weight is 719 g/mol. The molecule has 51 heavy (non-hydrogen) atoms. The molecule has 7 rings (SSSR count). The number of carbonyl (C=O) groups is 2. The first-order valence-electron chi connectivity index (χ1n) is 16.6. The van der Waals surface area contributed by atoms with Gasteiger partial charge in [0.1, 0.15) is 35.4 Å². The Labute approximate surface area is 289 Å². The Kier molecular flexibility index (Phi) is 8.88. The van der Waals surface area contributed by atoms with Gasteiger partial charge in [-0.25, -0.2) is 0 Å². The first kappa shape index (κ1) is 34.6. The molecule has 4 aliphatic rings. The number of aliphatic hydroxyl groups excluding tert-OH is 1. The zero-order chi connectivity index (χ0) is 36.1. The molecule has 1 unspecified atom stereocenters. The molecule has 4 atom stereocenters. The summed E-state index contributed by atoms with van der Waals surface area (Å²) in [6.07, 6.45) is -6.87. The maximum atomic E-state index is 14.0. The predicted molar refractivity (Wildman–Crippen MR) is 168 cm³/mol. The second-order valence-electron chi connectivity index (χ2n) is 13.5. The molecule has 1 fully saturated rings. The molecule has 2 amide bonds. The molecule has 10 nitrogen and oxygen atoms in total. The molecule has 1 saturated carbocycles. The Hall–Kier alpha value is -4.79. The van der Waals surface area contributed by atoms with Gasteiger partial charge in [0, 0.05) is 35.6 Å². The highest BCUT2D eigenvalue weighted by Gasteiger charge is 2.50. The van der Waals surface area contributed by atoms with Gasteiger partial charge in [-0.2, -0.15) is 0 Å². The van der Waals surface area contributed by atoms with E-state index in [-0.39, 0.29) is 60.4 Å². The smallest absolute Gasteiger partial charge is 0.492 e. The van der Waals surface area contributed by atoms with Gasteiger partial charge in [-0.05, 0) is 62.3 Å². The highest BCUT2D eigenvalue weighted by atomic mass is 19.4. The number of aliphatic hydroxyl groups is 1. The minimum Gasteiger partial charge on any atom is -0.492 e. The molecule has 3 aliphatic heterocycles. The van der Waals surface area contributed by atoms with Crippen LogP contribution in [-0.4, -0.2) is 48.9 Å². The Balaban J connectivity index is 1.08. The number of rotatable bonds is 8. The van der Waals surface area contributed by atoms with Gasteiger partial charge in [-0.1, -0.05) is 30.3 Å². The van der Waals surface area contributed by atoms with Gasteiger partial charge in [-0.15, -0.1) is 22.0 Å². The largest absolute Gasteiger partial charge is 0.586 e. The fourth-order valence-corrected chi connectivity index (χ4v) is 7.39. The van der Waals surface area contributed by atoms with Gasteiger partial charge in [0.15, 0.2) is 11.5 Å². The molecular formula is C36H35F5N2O8. The third-order valence-electron chi connectivity index (χ3n) is 10.1. The van der Waals surface area contributed by atoms with Crippen LogP contribution >= 0.6 is 0 Å². The van der Waals surface area contributed by atoms with Crippen LogP contribution in [0.5, 0.6) is 28.7 Å². The number of amides is 2. The van der Waals surface area contributed by atoms with E-state index in [4.69, 9.17) is 9.47 Å². The molecular weight excluding hydrogens is 683 g/mol. The molecule has 3 aromatic rings. The first-order chi connectivity index (χ1) is 24.2. The Morgan fingerprint density at radius 1 is 0.961 bits per heavy atom. The third kappa shape index (κ3) is 7.08. The highest BCUT2D eigenvalue weighted by molar-refractivity contribution is 5.90. The quantitative estimate of drug-likeness (QED) is 0.235. The number of hydrogen-bond acceptors (Lipinski definition) is 8. The lowest BCUT2D eigenvalue weighted by Gasteiger charge is -2.40. The maximum Gasteiger partial charge on any atom is 0.586 e. The molecule has 15 heteroatoms. The summed E-state index contributed by atoms with van der Waals surface area (Å²) < 4.78 is 92.1. The summed E-state index contributed by atoms with van der Waals surface area (Å²) in [5, 5.41) is 15.9. The molecule has 3 N–H and O–H groups in total. The van der Waals surface area contributed by atoms with E-state index in [1.165, 1.54) is 18.2 Å². The van der Waals surface area contributed by atoms with E-state index in [2.05, 4.69) is 24.8 Å². The average Bonchev–Trinajstić information content (AvgIpc) is 3.59. The van der Waals surface area contributed by atoms with Crippen molar-refractivity contribution in [2.75, 3.05) is 13.2 Å². The number of alkyl halides is 5. The minimum atomic E-state index is -4.94. The third-order valence-corrected chi connectivity index (χ3v) is 10.1. The molecule has 272 valence electrons. The fourth-order valence-electron chi connectivity index (χ4n) is 7.39. The Morgan fingerprint density at radius 2 is 1.67 bits per heavy atom. The van der Waals surface area contributed by atoms with Gasteiger partial charge in [0.25, 0.3) is 0 Å². The Morgan fingerprint density at radius 3 is 2.35 bits per heavy atom. The van der Waals surface area contributed by atoms with Crippen molar-refractivity contribution in [2.45, 2.75) is 75.3 Å². The topological polar surface area (TPSA) is 125 Å². The monoisotopic (exact) mass is 718 g/mol. The molecule has 0 saturated heterocycles. The molecule has 3 heterocycles. The minimum absolute atomic E-state index is 0.0934. The van der Waals surface area contributed by atoms with E-state index in [9.17, 15) is 36.6 Å². The number of ether oxygens (including phenoxy) is 5. The summed E-state index contributed by atoms with van der Waals surface area (Å²) in [5.41, 5.74) is 0.195. The van der Waals surface area contributed by atoms with Crippen LogP contribution in [0.2, 0.25) is 0 Å². The summed E-state index contributed by atoms with van der Waals surface area (Å²) in [7, 11) is 0. The molecule has 0 bridgehead atoms. The lowest BCUT2D eigenvalue weighted by molar-refractivity contribution is -0.286. The Bertz CT molecular complexity index is 1800. The SMILES string of the molecule is C[C@]1(C(=O)N[C@@H]2C[C@H](C3CCC(C(=O)NC(CO)c4ccccc4)CC3)Oc3cc(OC(F)(F)F)ccc32)COc2cc3c(cc21)OC(F)(F)O3. The normalized spacial score (nSPS) is 26.5. The second kappa shape index (κ2) is 13.1. The number of benzene rings is 3. The number of fused-ring (bicyclic) bond motifs is 3. The summed E-state index contributed by atoms with van der Waals surface area (Å²) >= 11 is 0. The van der Waals surface area contributed by atoms with Gasteiger partial charge in [-0.3, -0.25) is 9.59 Å². The van der Waals surface area contributed by atoms with E-state index in [1.54, 1.807) is 6.92 Å². The number of hydrogen-bond donors (Lipinski definition) is 3. The van der Waals surface area contributed by atoms with Crippen molar-refractivity contribution in [2.24, 2.45) is 11.8 Å². The van der Waals surface area contributed by atoms with Gasteiger partial charge < -0.3 is 39.4 Å². The summed E-state index contributed by atoms with van der Waals surface area (Å²) in [6, 6.07) is 14.1. The van der Waals surface area contributed by atoms with Crippen LogP contribution in [0.25, 0.3) is 0 Å². The number of halogens is 5. The van der Waals surface area contributed by atoms with Crippen LogP contribution in [0.15, 0.2) is 60.7 Å². The first-order valence-corrected chi connectivity index (χ1v) is 16.6. The van der Waals surface area contributed by atoms with Crippen LogP contribution in [-0.2, 0) is 15.0 Å². The van der Waals surface area contributed by atoms with Crippen molar-refractivity contribution in [3.8, 4) is 28.7 Å². The van der Waals surface area contributed by atoms with Crippen molar-refractivity contribution in [3.05, 3.63) is 77.4 Å². The van der Waals surface area contributed by atoms with Crippen LogP contribution in [0.4, 0.5) is 22.0 Å². The zero-order valence-electron chi connectivity index (χ0n) is 27.3. The summed E-state index contributed by atoms with van der Waals surface area (Å²) in [6.45, 7) is 1.22. The highest BCUT2D eigenvalue weighted by Crippen LogP contribution is 2.50. The van der Waals surface area contributed by atoms with Crippen LogP contribution in [0, 0.1) is 11.8 Å². The lowest BCUT2D eigenvalue weighted by Crippen LogP contribution is -2.47. The molecule has 1 aliphatic carbocycles. The van der Waals surface area contributed by atoms with Crippen LogP contribution in [0.3, 0.4) is 0 Å². The summed E-state index contributed by atoms with van der Waals surface area (Å²) in [5.74, 6) is -1.74. The van der Waals surface area contributed by atoms with Crippen molar-refractivity contribution in [1.82, 2.24) is 10.6 Å². The number of nitrogens with one attached hydrogen (secondary N) is 2. The fraction of sp³-hybridized carbons (Fsp3) is 0.444.